The zero-order valence-electron chi connectivity index (χ0n) is 28.0. The van der Waals surface area contributed by atoms with Gasteiger partial charge < -0.3 is 19.7 Å². The van der Waals surface area contributed by atoms with Crippen LogP contribution in [0.3, 0.4) is 0 Å². The van der Waals surface area contributed by atoms with Crippen molar-refractivity contribution in [2.75, 3.05) is 25.5 Å². The Labute approximate surface area is 263 Å². The summed E-state index contributed by atoms with van der Waals surface area (Å²) in [6.45, 7) is 17.1. The van der Waals surface area contributed by atoms with Crippen molar-refractivity contribution >= 4 is 17.2 Å². The Hall–Kier alpha value is -3.32. The molecule has 7 heteroatoms. The number of fused-ring (bicyclic) bond motifs is 4. The fraction of sp³-hybridized carbons (Fsp3) is 0.568. The lowest BCUT2D eigenvalue weighted by atomic mass is 9.80. The van der Waals surface area contributed by atoms with Crippen molar-refractivity contribution in [3.63, 3.8) is 0 Å². The van der Waals surface area contributed by atoms with Gasteiger partial charge in [-0.15, -0.1) is 0 Å². The average Bonchev–Trinajstić information content (AvgIpc) is 3.28. The molecule has 0 radical (unpaired) electrons. The Balaban J connectivity index is 1.44. The van der Waals surface area contributed by atoms with Crippen LogP contribution in [0.2, 0.25) is 0 Å². The standard InChI is InChI=1S/C37H50N4O3/c1-9-43-33(42)13-11-10-12-14-41-16-15-40(8)35(41)34-27-17-25-23(2)21-36(4,5)38-29(25)19-31(27)44-32-20-30-26(18-28(32)34)24(3)22-37(6,7)39-30/h15-20,23-24,35,38H,9-14,21-22H2,1-8H3/p+2. The number of anilines is 1. The van der Waals surface area contributed by atoms with E-state index >= 15 is 0 Å². The predicted octanol–water partition coefficient (Wildman–Crippen LogP) is 3.43. The van der Waals surface area contributed by atoms with Crippen molar-refractivity contribution in [1.29, 1.82) is 0 Å². The van der Waals surface area contributed by atoms with Gasteiger partial charge in [0.25, 0.3) is 0 Å². The van der Waals surface area contributed by atoms with Crippen LogP contribution in [0, 0.1) is 0 Å². The molecule has 7 nitrogen and oxygen atoms in total. The Morgan fingerprint density at radius 1 is 1.05 bits per heavy atom. The summed E-state index contributed by atoms with van der Waals surface area (Å²) >= 11 is 0. The first-order chi connectivity index (χ1) is 20.9. The van der Waals surface area contributed by atoms with Crippen LogP contribution < -0.4 is 30.5 Å². The van der Waals surface area contributed by atoms with Gasteiger partial charge in [-0.2, -0.15) is 0 Å². The molecule has 0 saturated heterocycles. The van der Waals surface area contributed by atoms with Gasteiger partial charge in [0, 0.05) is 53.0 Å². The van der Waals surface area contributed by atoms with Gasteiger partial charge in [0.15, 0.2) is 11.7 Å². The van der Waals surface area contributed by atoms with Gasteiger partial charge in [-0.25, -0.2) is 4.99 Å². The average molecular weight is 601 g/mol. The number of carbonyl (C=O) groups excluding carboxylic acids is 1. The SMILES string of the molecule is CCOC(=O)CCCCCN1C=C[NH+](C)C1C1=c2cc3c(cc2Oc2cc4c(cc21)C(C)CC(C)(C)N4)=[NH+]C(C)(C)CC3C. The number of carbonyl (C=O) groups is 1. The van der Waals surface area contributed by atoms with Crippen LogP contribution in [0.15, 0.2) is 36.7 Å². The summed E-state index contributed by atoms with van der Waals surface area (Å²) in [6.07, 6.45) is 10.2. The molecule has 4 atom stereocenters. The fourth-order valence-corrected chi connectivity index (χ4v) is 8.18. The lowest BCUT2D eigenvalue weighted by Crippen LogP contribution is -3.08. The van der Waals surface area contributed by atoms with Gasteiger partial charge in [0.2, 0.25) is 5.36 Å². The number of benzene rings is 2. The molecule has 0 aromatic heterocycles. The minimum atomic E-state index is -0.0903. The Kier molecular flexibility index (Phi) is 8.06. The van der Waals surface area contributed by atoms with Crippen LogP contribution in [0.4, 0.5) is 5.69 Å². The van der Waals surface area contributed by atoms with E-state index in [0.29, 0.717) is 24.9 Å². The highest BCUT2D eigenvalue weighted by Crippen LogP contribution is 2.45. The Morgan fingerprint density at radius 3 is 2.59 bits per heavy atom. The molecule has 4 aliphatic heterocycles. The van der Waals surface area contributed by atoms with E-state index < -0.39 is 0 Å². The molecule has 0 fully saturated rings. The van der Waals surface area contributed by atoms with Crippen LogP contribution in [-0.4, -0.2) is 48.3 Å². The Bertz CT molecular complexity index is 1610. The quantitative estimate of drug-likeness (QED) is 0.320. The third-order valence-electron chi connectivity index (χ3n) is 9.91. The van der Waals surface area contributed by atoms with Crippen LogP contribution >= 0.6 is 0 Å². The van der Waals surface area contributed by atoms with Crippen LogP contribution in [0.25, 0.3) is 5.57 Å². The maximum Gasteiger partial charge on any atom is 0.305 e. The molecule has 0 spiro atoms. The van der Waals surface area contributed by atoms with Crippen molar-refractivity contribution in [2.45, 2.75) is 116 Å². The first-order valence-electron chi connectivity index (χ1n) is 16.8. The smallest absolute Gasteiger partial charge is 0.305 e. The molecular weight excluding hydrogens is 548 g/mol. The molecule has 6 rings (SSSR count). The highest BCUT2D eigenvalue weighted by Gasteiger charge is 2.40. The molecule has 4 aliphatic rings. The van der Waals surface area contributed by atoms with Crippen molar-refractivity contribution in [3.05, 3.63) is 63.9 Å². The Morgan fingerprint density at radius 2 is 1.82 bits per heavy atom. The van der Waals surface area contributed by atoms with Crippen LogP contribution in [0.5, 0.6) is 11.5 Å². The number of unbranched alkanes of at least 4 members (excludes halogenated alkanes) is 2. The second-order valence-corrected chi connectivity index (χ2v) is 14.9. The summed E-state index contributed by atoms with van der Waals surface area (Å²) in [5.41, 5.74) is 6.55. The van der Waals surface area contributed by atoms with Gasteiger partial charge in [-0.3, -0.25) is 9.69 Å². The second-order valence-electron chi connectivity index (χ2n) is 14.9. The normalized spacial score (nSPS) is 25.5. The van der Waals surface area contributed by atoms with Gasteiger partial charge in [0.1, 0.15) is 17.7 Å². The van der Waals surface area contributed by atoms with Gasteiger partial charge in [-0.05, 0) is 83.4 Å². The molecule has 44 heavy (non-hydrogen) atoms. The highest BCUT2D eigenvalue weighted by molar-refractivity contribution is 5.80. The third kappa shape index (κ3) is 5.88. The summed E-state index contributed by atoms with van der Waals surface area (Å²) in [5, 5.41) is 6.20. The number of nitrogens with zero attached hydrogens (tertiary/aromatic N) is 1. The van der Waals surface area contributed by atoms with Gasteiger partial charge in [-0.1, -0.05) is 20.3 Å². The van der Waals surface area contributed by atoms with Crippen molar-refractivity contribution in [1.82, 2.24) is 4.90 Å². The molecule has 0 saturated carbocycles. The number of likely N-dealkylation sites (N-methyl/N-ethyl adjacent to an activating group) is 1. The molecule has 0 aliphatic carbocycles. The number of rotatable bonds is 8. The zero-order chi connectivity index (χ0) is 31.4. The molecule has 0 bridgehead atoms. The molecule has 4 heterocycles. The number of ether oxygens (including phenoxy) is 2. The van der Waals surface area contributed by atoms with Crippen LogP contribution in [-0.2, 0) is 9.53 Å². The van der Waals surface area contributed by atoms with E-state index in [0.717, 1.165) is 50.1 Å². The van der Waals surface area contributed by atoms with E-state index in [9.17, 15) is 4.79 Å². The highest BCUT2D eigenvalue weighted by atomic mass is 16.5. The first-order valence-corrected chi connectivity index (χ1v) is 16.8. The number of quaternary nitrogens is 1. The largest absolute Gasteiger partial charge is 0.466 e. The summed E-state index contributed by atoms with van der Waals surface area (Å²) in [4.78, 5) is 19.5. The number of nitrogens with one attached hydrogen (secondary N) is 3. The molecule has 0 amide bonds. The van der Waals surface area contributed by atoms with Crippen molar-refractivity contribution in [3.8, 4) is 11.5 Å². The minimum Gasteiger partial charge on any atom is -0.466 e. The number of hydrogen-bond donors (Lipinski definition) is 3. The molecule has 3 N–H and O–H groups in total. The van der Waals surface area contributed by atoms with Gasteiger partial charge >= 0.3 is 5.97 Å². The zero-order valence-corrected chi connectivity index (χ0v) is 28.0. The second kappa shape index (κ2) is 11.6. The predicted molar refractivity (Wildman–Crippen MR) is 174 cm³/mol. The molecular formula is C37H52N4O3+2. The summed E-state index contributed by atoms with van der Waals surface area (Å²) in [6, 6.07) is 9.34. The minimum absolute atomic E-state index is 0.0360. The summed E-state index contributed by atoms with van der Waals surface area (Å²) in [5.74, 6) is 2.67. The van der Waals surface area contributed by atoms with E-state index in [1.54, 1.807) is 0 Å². The van der Waals surface area contributed by atoms with Crippen molar-refractivity contribution in [2.24, 2.45) is 0 Å². The van der Waals surface area contributed by atoms with E-state index in [1.165, 1.54) is 43.4 Å². The lowest BCUT2D eigenvalue weighted by molar-refractivity contribution is -0.846. The number of esters is 1. The van der Waals surface area contributed by atoms with E-state index in [4.69, 9.17) is 9.47 Å². The van der Waals surface area contributed by atoms with E-state index in [1.807, 2.05) is 6.92 Å². The molecule has 236 valence electrons. The fourth-order valence-electron chi connectivity index (χ4n) is 8.18. The van der Waals surface area contributed by atoms with Crippen LogP contribution in [0.1, 0.15) is 116 Å². The van der Waals surface area contributed by atoms with Crippen molar-refractivity contribution < 1.29 is 24.2 Å². The molecule has 4 unspecified atom stereocenters. The summed E-state index contributed by atoms with van der Waals surface area (Å²) < 4.78 is 12.0. The topological polar surface area (TPSA) is 69.2 Å². The molecule has 2 aromatic carbocycles. The molecule has 2 aromatic rings. The monoisotopic (exact) mass is 600 g/mol. The third-order valence-corrected chi connectivity index (χ3v) is 9.91. The van der Waals surface area contributed by atoms with Gasteiger partial charge in [0.05, 0.1) is 31.5 Å². The maximum atomic E-state index is 11.8. The maximum absolute atomic E-state index is 11.8. The number of hydrogen-bond acceptors (Lipinski definition) is 5. The summed E-state index contributed by atoms with van der Waals surface area (Å²) in [7, 11) is 2.26. The van der Waals surface area contributed by atoms with E-state index in [-0.39, 0.29) is 23.2 Å². The first kappa shape index (κ1) is 30.7. The van der Waals surface area contributed by atoms with E-state index in [2.05, 4.69) is 100 Å². The lowest BCUT2D eigenvalue weighted by Gasteiger charge is -2.39.